The molecule has 1 heterocycles. The zero-order valence-corrected chi connectivity index (χ0v) is 12.8. The van der Waals surface area contributed by atoms with Crippen LogP contribution in [0.25, 0.3) is 0 Å². The van der Waals surface area contributed by atoms with E-state index in [9.17, 15) is 0 Å². The summed E-state index contributed by atoms with van der Waals surface area (Å²) in [5, 5.41) is 4.55. The molecule has 0 aromatic rings. The van der Waals surface area contributed by atoms with Gasteiger partial charge in [0.2, 0.25) is 0 Å². The van der Waals surface area contributed by atoms with E-state index in [0.717, 1.165) is 31.5 Å². The van der Waals surface area contributed by atoms with Crippen molar-refractivity contribution in [3.8, 4) is 0 Å². The molecular weight excluding hydrogens is 244 g/mol. The highest BCUT2D eigenvalue weighted by Crippen LogP contribution is 2.28. The first-order valence-corrected chi connectivity index (χ1v) is 8.61. The lowest BCUT2D eigenvalue weighted by atomic mass is 10.2. The van der Waals surface area contributed by atoms with Crippen molar-refractivity contribution in [1.29, 1.82) is 0 Å². The highest BCUT2D eigenvalue weighted by Gasteiger charge is 2.28. The second kappa shape index (κ2) is 7.13. The third-order valence-corrected chi connectivity index (χ3v) is 5.43. The third kappa shape index (κ3) is 3.86. The van der Waals surface area contributed by atoms with Crippen LogP contribution in [0.1, 0.15) is 33.1 Å². The first kappa shape index (κ1) is 14.6. The van der Waals surface area contributed by atoms with Crippen LogP contribution in [0.2, 0.25) is 0 Å². The molecule has 2 aliphatic rings. The molecule has 2 rings (SSSR count). The number of rotatable bonds is 5. The summed E-state index contributed by atoms with van der Waals surface area (Å²) in [4.78, 5) is 2.52. The SMILES string of the molecule is CSC1CCCC1NCC1CN(C(C)C)CCO1. The van der Waals surface area contributed by atoms with Crippen LogP contribution in [-0.4, -0.2) is 60.8 Å². The molecule has 0 radical (unpaired) electrons. The van der Waals surface area contributed by atoms with E-state index in [1.807, 2.05) is 11.8 Å². The van der Waals surface area contributed by atoms with Crippen molar-refractivity contribution in [2.45, 2.75) is 56.5 Å². The van der Waals surface area contributed by atoms with Gasteiger partial charge in [-0.3, -0.25) is 4.90 Å². The molecule has 0 spiro atoms. The van der Waals surface area contributed by atoms with Crippen LogP contribution in [0.4, 0.5) is 0 Å². The minimum Gasteiger partial charge on any atom is -0.374 e. The summed E-state index contributed by atoms with van der Waals surface area (Å²) in [5.74, 6) is 0. The average Bonchev–Trinajstić information content (AvgIpc) is 2.84. The van der Waals surface area contributed by atoms with Crippen LogP contribution in [0.15, 0.2) is 0 Å². The predicted molar refractivity (Wildman–Crippen MR) is 79.4 cm³/mol. The molecule has 2 fully saturated rings. The molecule has 3 nitrogen and oxygen atoms in total. The first-order valence-electron chi connectivity index (χ1n) is 7.32. The second-order valence-electron chi connectivity index (χ2n) is 5.80. The van der Waals surface area contributed by atoms with E-state index in [4.69, 9.17) is 4.74 Å². The summed E-state index contributed by atoms with van der Waals surface area (Å²) in [5.41, 5.74) is 0. The Morgan fingerprint density at radius 2 is 2.22 bits per heavy atom. The molecule has 0 aromatic carbocycles. The summed E-state index contributed by atoms with van der Waals surface area (Å²) in [7, 11) is 0. The number of nitrogens with one attached hydrogen (secondary N) is 1. The number of hydrogen-bond acceptors (Lipinski definition) is 4. The topological polar surface area (TPSA) is 24.5 Å². The molecular formula is C14H28N2OS. The van der Waals surface area contributed by atoms with Gasteiger partial charge in [-0.15, -0.1) is 0 Å². The van der Waals surface area contributed by atoms with E-state index >= 15 is 0 Å². The summed E-state index contributed by atoms with van der Waals surface area (Å²) in [6, 6.07) is 1.35. The lowest BCUT2D eigenvalue weighted by molar-refractivity contribution is -0.0380. The molecule has 0 aromatic heterocycles. The van der Waals surface area contributed by atoms with E-state index in [2.05, 4.69) is 30.3 Å². The van der Waals surface area contributed by atoms with E-state index in [-0.39, 0.29) is 0 Å². The van der Waals surface area contributed by atoms with Gasteiger partial charge in [-0.2, -0.15) is 11.8 Å². The molecule has 0 bridgehead atoms. The average molecular weight is 272 g/mol. The molecule has 0 amide bonds. The summed E-state index contributed by atoms with van der Waals surface area (Å²) < 4.78 is 5.88. The van der Waals surface area contributed by atoms with Crippen molar-refractivity contribution in [3.63, 3.8) is 0 Å². The monoisotopic (exact) mass is 272 g/mol. The van der Waals surface area contributed by atoms with Crippen molar-refractivity contribution >= 4 is 11.8 Å². The van der Waals surface area contributed by atoms with E-state index in [1.165, 1.54) is 19.3 Å². The number of morpholine rings is 1. The second-order valence-corrected chi connectivity index (χ2v) is 6.88. The lowest BCUT2D eigenvalue weighted by Gasteiger charge is -2.36. The zero-order valence-electron chi connectivity index (χ0n) is 12.0. The zero-order chi connectivity index (χ0) is 13.0. The maximum Gasteiger partial charge on any atom is 0.0826 e. The Morgan fingerprint density at radius 1 is 1.39 bits per heavy atom. The Kier molecular flexibility index (Phi) is 5.80. The molecule has 1 saturated carbocycles. The number of thioether (sulfide) groups is 1. The van der Waals surface area contributed by atoms with Gasteiger partial charge < -0.3 is 10.1 Å². The molecule has 3 unspecified atom stereocenters. The van der Waals surface area contributed by atoms with Crippen LogP contribution in [0.3, 0.4) is 0 Å². The molecule has 1 aliphatic carbocycles. The van der Waals surface area contributed by atoms with Crippen molar-refractivity contribution in [2.75, 3.05) is 32.5 Å². The van der Waals surface area contributed by atoms with Crippen LogP contribution in [0, 0.1) is 0 Å². The fourth-order valence-corrected chi connectivity index (χ4v) is 4.02. The molecule has 4 heteroatoms. The van der Waals surface area contributed by atoms with Gasteiger partial charge in [0.05, 0.1) is 12.7 Å². The minimum absolute atomic E-state index is 0.379. The molecule has 106 valence electrons. The van der Waals surface area contributed by atoms with Gasteiger partial charge in [0.25, 0.3) is 0 Å². The first-order chi connectivity index (χ1) is 8.70. The van der Waals surface area contributed by atoms with Gasteiger partial charge in [-0.05, 0) is 32.9 Å². The Labute approximate surface area is 116 Å². The third-order valence-electron chi connectivity index (χ3n) is 4.26. The largest absolute Gasteiger partial charge is 0.374 e. The summed E-state index contributed by atoms with van der Waals surface area (Å²) in [6.45, 7) is 8.63. The fourth-order valence-electron chi connectivity index (χ4n) is 3.06. The Morgan fingerprint density at radius 3 is 2.94 bits per heavy atom. The molecule has 1 N–H and O–H groups in total. The van der Waals surface area contributed by atoms with Gasteiger partial charge in [-0.1, -0.05) is 6.42 Å². The normalized spacial score (nSPS) is 34.3. The van der Waals surface area contributed by atoms with Crippen LogP contribution in [-0.2, 0) is 4.74 Å². The van der Waals surface area contributed by atoms with E-state index in [1.54, 1.807) is 0 Å². The smallest absolute Gasteiger partial charge is 0.0826 e. The highest BCUT2D eigenvalue weighted by atomic mass is 32.2. The van der Waals surface area contributed by atoms with Gasteiger partial charge in [0.1, 0.15) is 0 Å². The summed E-state index contributed by atoms with van der Waals surface area (Å²) >= 11 is 2.02. The molecule has 18 heavy (non-hydrogen) atoms. The Bertz CT molecular complexity index is 250. The quantitative estimate of drug-likeness (QED) is 0.827. The van der Waals surface area contributed by atoms with Gasteiger partial charge >= 0.3 is 0 Å². The maximum absolute atomic E-state index is 5.88. The van der Waals surface area contributed by atoms with Gasteiger partial charge in [-0.25, -0.2) is 0 Å². The Balaban J connectivity index is 1.72. The number of hydrogen-bond donors (Lipinski definition) is 1. The summed E-state index contributed by atoms with van der Waals surface area (Å²) in [6.07, 6.45) is 6.72. The predicted octanol–water partition coefficient (Wildman–Crippen LogP) is 1.97. The fraction of sp³-hybridized carbons (Fsp3) is 1.00. The molecule has 3 atom stereocenters. The lowest BCUT2D eigenvalue weighted by Crippen LogP contribution is -2.50. The van der Waals surface area contributed by atoms with Crippen molar-refractivity contribution in [2.24, 2.45) is 0 Å². The number of nitrogens with zero attached hydrogens (tertiary/aromatic N) is 1. The van der Waals surface area contributed by atoms with Gasteiger partial charge in [0, 0.05) is 37.0 Å². The van der Waals surface area contributed by atoms with E-state index < -0.39 is 0 Å². The van der Waals surface area contributed by atoms with Crippen LogP contribution >= 0.6 is 11.8 Å². The molecule has 1 aliphatic heterocycles. The standard InChI is InChI=1S/C14H28N2OS/c1-11(2)16-7-8-17-12(10-16)9-15-13-5-4-6-14(13)18-3/h11-15H,4-10H2,1-3H3. The highest BCUT2D eigenvalue weighted by molar-refractivity contribution is 7.99. The maximum atomic E-state index is 5.88. The van der Waals surface area contributed by atoms with Crippen LogP contribution < -0.4 is 5.32 Å². The Hall–Kier alpha value is 0.230. The van der Waals surface area contributed by atoms with Crippen molar-refractivity contribution < 1.29 is 4.74 Å². The van der Waals surface area contributed by atoms with Crippen LogP contribution in [0.5, 0.6) is 0 Å². The molecule has 1 saturated heterocycles. The minimum atomic E-state index is 0.379. The van der Waals surface area contributed by atoms with E-state index in [0.29, 0.717) is 18.2 Å². The number of ether oxygens (including phenoxy) is 1. The van der Waals surface area contributed by atoms with Gasteiger partial charge in [0.15, 0.2) is 0 Å². The van der Waals surface area contributed by atoms with Crippen molar-refractivity contribution in [3.05, 3.63) is 0 Å². The van der Waals surface area contributed by atoms with Crippen molar-refractivity contribution in [1.82, 2.24) is 10.2 Å².